The first-order valence-electron chi connectivity index (χ1n) is 6.09. The van der Waals surface area contributed by atoms with Gasteiger partial charge in [0.2, 0.25) is 0 Å². The first-order chi connectivity index (χ1) is 9.21. The molecular formula is C14H14ClN3O. The average Bonchev–Trinajstić information content (AvgIpc) is 2.75. The summed E-state index contributed by atoms with van der Waals surface area (Å²) in [6.45, 7) is 1.91. The van der Waals surface area contributed by atoms with Gasteiger partial charge in [0.1, 0.15) is 5.15 Å². The molecule has 1 heterocycles. The van der Waals surface area contributed by atoms with E-state index >= 15 is 0 Å². The lowest BCUT2D eigenvalue weighted by molar-refractivity contribution is 0.280. The van der Waals surface area contributed by atoms with E-state index in [4.69, 9.17) is 16.9 Å². The third-order valence-corrected chi connectivity index (χ3v) is 3.26. The maximum absolute atomic E-state index is 9.40. The Hall–Kier alpha value is -1.83. The van der Waals surface area contributed by atoms with Crippen molar-refractivity contribution in [1.29, 1.82) is 5.26 Å². The summed E-state index contributed by atoms with van der Waals surface area (Å²) < 4.78 is 1.57. The van der Waals surface area contributed by atoms with Crippen LogP contribution in [0.15, 0.2) is 24.3 Å². The van der Waals surface area contributed by atoms with Crippen molar-refractivity contribution in [2.75, 3.05) is 0 Å². The number of rotatable bonds is 4. The number of nitrogens with zero attached hydrogens (tertiary/aromatic N) is 3. The zero-order valence-electron chi connectivity index (χ0n) is 10.6. The number of aryl methyl sites for hydroxylation is 1. The van der Waals surface area contributed by atoms with E-state index in [0.29, 0.717) is 16.3 Å². The van der Waals surface area contributed by atoms with Gasteiger partial charge in [-0.05, 0) is 24.6 Å². The van der Waals surface area contributed by atoms with Gasteiger partial charge in [0.05, 0.1) is 29.6 Å². The molecule has 1 aromatic carbocycles. The summed E-state index contributed by atoms with van der Waals surface area (Å²) in [5, 5.41) is 23.1. The quantitative estimate of drug-likeness (QED) is 0.933. The highest BCUT2D eigenvalue weighted by Crippen LogP contribution is 2.25. The molecule has 1 aromatic heterocycles. The largest absolute Gasteiger partial charge is 0.391 e. The summed E-state index contributed by atoms with van der Waals surface area (Å²) in [6.07, 6.45) is 1.69. The van der Waals surface area contributed by atoms with Crippen LogP contribution in [-0.4, -0.2) is 14.9 Å². The molecule has 0 atom stereocenters. The summed E-state index contributed by atoms with van der Waals surface area (Å²) in [7, 11) is 0. The molecule has 0 aliphatic heterocycles. The van der Waals surface area contributed by atoms with Crippen molar-refractivity contribution in [1.82, 2.24) is 9.78 Å². The van der Waals surface area contributed by atoms with E-state index in [9.17, 15) is 5.11 Å². The SMILES string of the molecule is CCCc1nn(-c2cccc(C#N)c2)c(Cl)c1CO. The van der Waals surface area contributed by atoms with Crippen LogP contribution in [0.4, 0.5) is 0 Å². The van der Waals surface area contributed by atoms with E-state index in [0.717, 1.165) is 24.2 Å². The normalized spacial score (nSPS) is 10.4. The van der Waals surface area contributed by atoms with Crippen molar-refractivity contribution in [2.45, 2.75) is 26.4 Å². The minimum Gasteiger partial charge on any atom is -0.391 e. The Morgan fingerprint density at radius 3 is 2.89 bits per heavy atom. The molecule has 0 saturated heterocycles. The number of aromatic nitrogens is 2. The first-order valence-corrected chi connectivity index (χ1v) is 6.46. The molecule has 0 bridgehead atoms. The number of hydrogen-bond donors (Lipinski definition) is 1. The summed E-state index contributed by atoms with van der Waals surface area (Å²) in [5.74, 6) is 0. The Morgan fingerprint density at radius 2 is 2.26 bits per heavy atom. The molecule has 0 aliphatic rings. The van der Waals surface area contributed by atoms with Crippen LogP contribution in [0, 0.1) is 11.3 Å². The van der Waals surface area contributed by atoms with Crippen molar-refractivity contribution >= 4 is 11.6 Å². The van der Waals surface area contributed by atoms with Gasteiger partial charge in [-0.15, -0.1) is 0 Å². The molecule has 0 spiro atoms. The third kappa shape index (κ3) is 2.62. The number of halogens is 1. The Labute approximate surface area is 116 Å². The second-order valence-electron chi connectivity index (χ2n) is 4.20. The fourth-order valence-electron chi connectivity index (χ4n) is 1.94. The number of hydrogen-bond acceptors (Lipinski definition) is 3. The molecule has 4 nitrogen and oxygen atoms in total. The third-order valence-electron chi connectivity index (χ3n) is 2.87. The molecule has 0 fully saturated rings. The van der Waals surface area contributed by atoms with E-state index in [1.807, 2.05) is 13.0 Å². The molecule has 1 N–H and O–H groups in total. The summed E-state index contributed by atoms with van der Waals surface area (Å²) in [4.78, 5) is 0. The van der Waals surface area contributed by atoms with Crippen molar-refractivity contribution in [3.63, 3.8) is 0 Å². The van der Waals surface area contributed by atoms with Gasteiger partial charge in [-0.1, -0.05) is 31.0 Å². The van der Waals surface area contributed by atoms with Gasteiger partial charge in [-0.3, -0.25) is 0 Å². The molecule has 0 unspecified atom stereocenters. The number of benzene rings is 1. The Bertz CT molecular complexity index is 628. The van der Waals surface area contributed by atoms with Crippen LogP contribution in [0.2, 0.25) is 5.15 Å². The second kappa shape index (κ2) is 5.87. The fourth-order valence-corrected chi connectivity index (χ4v) is 2.25. The van der Waals surface area contributed by atoms with E-state index in [-0.39, 0.29) is 6.61 Å². The zero-order chi connectivity index (χ0) is 13.8. The Kier molecular flexibility index (Phi) is 4.20. The number of aliphatic hydroxyl groups excluding tert-OH is 1. The minimum atomic E-state index is -0.133. The fraction of sp³-hybridized carbons (Fsp3) is 0.286. The van der Waals surface area contributed by atoms with Gasteiger partial charge in [0.15, 0.2) is 0 Å². The summed E-state index contributed by atoms with van der Waals surface area (Å²) in [5.41, 5.74) is 2.73. The van der Waals surface area contributed by atoms with Crippen molar-refractivity contribution < 1.29 is 5.11 Å². The molecular weight excluding hydrogens is 262 g/mol. The molecule has 98 valence electrons. The van der Waals surface area contributed by atoms with Gasteiger partial charge < -0.3 is 5.11 Å². The maximum atomic E-state index is 9.40. The molecule has 0 aliphatic carbocycles. The summed E-state index contributed by atoms with van der Waals surface area (Å²) >= 11 is 6.25. The lowest BCUT2D eigenvalue weighted by atomic mass is 10.2. The smallest absolute Gasteiger partial charge is 0.138 e. The van der Waals surface area contributed by atoms with Crippen LogP contribution in [0.1, 0.15) is 30.2 Å². The van der Waals surface area contributed by atoms with E-state index < -0.39 is 0 Å². The van der Waals surface area contributed by atoms with Crippen molar-refractivity contribution in [2.24, 2.45) is 0 Å². The number of nitriles is 1. The highest BCUT2D eigenvalue weighted by molar-refractivity contribution is 6.30. The molecule has 2 rings (SSSR count). The number of aliphatic hydroxyl groups is 1. The van der Waals surface area contributed by atoms with Crippen LogP contribution in [0.5, 0.6) is 0 Å². The lowest BCUT2D eigenvalue weighted by Gasteiger charge is -2.03. The van der Waals surface area contributed by atoms with Gasteiger partial charge in [0.25, 0.3) is 0 Å². The summed E-state index contributed by atoms with van der Waals surface area (Å²) in [6, 6.07) is 9.14. The van der Waals surface area contributed by atoms with Crippen molar-refractivity contribution in [3.8, 4) is 11.8 Å². The highest BCUT2D eigenvalue weighted by Gasteiger charge is 2.16. The molecule has 0 radical (unpaired) electrons. The second-order valence-corrected chi connectivity index (χ2v) is 4.56. The molecule has 2 aromatic rings. The molecule has 5 heteroatoms. The van der Waals surface area contributed by atoms with Gasteiger partial charge >= 0.3 is 0 Å². The standard InChI is InChI=1S/C14H14ClN3O/c1-2-4-13-12(9-19)14(15)18(17-13)11-6-3-5-10(7-11)8-16/h3,5-7,19H,2,4,9H2,1H3. The monoisotopic (exact) mass is 275 g/mol. The van der Waals surface area contributed by atoms with E-state index in [2.05, 4.69) is 11.2 Å². The van der Waals surface area contributed by atoms with Gasteiger partial charge in [-0.2, -0.15) is 10.4 Å². The minimum absolute atomic E-state index is 0.133. The zero-order valence-corrected chi connectivity index (χ0v) is 11.4. The van der Waals surface area contributed by atoms with Crippen LogP contribution in [-0.2, 0) is 13.0 Å². The lowest BCUT2D eigenvalue weighted by Crippen LogP contribution is -1.98. The molecule has 19 heavy (non-hydrogen) atoms. The Morgan fingerprint density at radius 1 is 1.47 bits per heavy atom. The molecule has 0 saturated carbocycles. The predicted octanol–water partition coefficient (Wildman–Crippen LogP) is 2.84. The topological polar surface area (TPSA) is 61.8 Å². The van der Waals surface area contributed by atoms with Gasteiger partial charge in [0, 0.05) is 5.56 Å². The van der Waals surface area contributed by atoms with Crippen LogP contribution in [0.3, 0.4) is 0 Å². The van der Waals surface area contributed by atoms with Crippen LogP contribution in [0.25, 0.3) is 5.69 Å². The first kappa shape index (κ1) is 13.6. The van der Waals surface area contributed by atoms with E-state index in [1.54, 1.807) is 22.9 Å². The van der Waals surface area contributed by atoms with E-state index in [1.165, 1.54) is 0 Å². The molecule has 0 amide bonds. The van der Waals surface area contributed by atoms with Crippen LogP contribution < -0.4 is 0 Å². The average molecular weight is 276 g/mol. The van der Waals surface area contributed by atoms with Crippen LogP contribution >= 0.6 is 11.6 Å². The van der Waals surface area contributed by atoms with Crippen molar-refractivity contribution in [3.05, 3.63) is 46.2 Å². The maximum Gasteiger partial charge on any atom is 0.138 e. The highest BCUT2D eigenvalue weighted by atomic mass is 35.5. The Balaban J connectivity index is 2.53. The van der Waals surface area contributed by atoms with Gasteiger partial charge in [-0.25, -0.2) is 4.68 Å². The predicted molar refractivity (Wildman–Crippen MR) is 73.2 cm³/mol.